The van der Waals surface area contributed by atoms with Crippen LogP contribution in [0.25, 0.3) is 0 Å². The molecule has 1 aromatic carbocycles. The molecule has 1 saturated heterocycles. The zero-order chi connectivity index (χ0) is 15.4. The Morgan fingerprint density at radius 3 is 3.00 bits per heavy atom. The second kappa shape index (κ2) is 6.78. The lowest BCUT2D eigenvalue weighted by atomic mass is 10.1. The predicted octanol–water partition coefficient (Wildman–Crippen LogP) is 0.596. The van der Waals surface area contributed by atoms with Gasteiger partial charge >= 0.3 is 0 Å². The monoisotopic (exact) mass is 311 g/mol. The molecule has 6 nitrogen and oxygen atoms in total. The Kier molecular flexibility index (Phi) is 5.03. The Labute approximate surface area is 128 Å². The standard InChI is InChI=1S/C14H18ClN3O3/c1-2-17-13(20)12-8-16-5-6-18(12)14(21)10-7-9(19)3-4-11(10)15/h3-4,7,12,16,19H,2,5-6,8H2,1H3,(H,17,20). The number of phenols is 1. The molecule has 1 fully saturated rings. The van der Waals surface area contributed by atoms with E-state index in [-0.39, 0.29) is 28.1 Å². The van der Waals surface area contributed by atoms with Gasteiger partial charge in [0.15, 0.2) is 0 Å². The van der Waals surface area contributed by atoms with Crippen molar-refractivity contribution in [1.29, 1.82) is 0 Å². The highest BCUT2D eigenvalue weighted by atomic mass is 35.5. The van der Waals surface area contributed by atoms with Crippen LogP contribution in [0.15, 0.2) is 18.2 Å². The first-order valence-electron chi connectivity index (χ1n) is 6.82. The third-order valence-corrected chi connectivity index (χ3v) is 3.67. The number of hydrogen-bond acceptors (Lipinski definition) is 4. The van der Waals surface area contributed by atoms with Crippen molar-refractivity contribution in [3.63, 3.8) is 0 Å². The van der Waals surface area contributed by atoms with Gasteiger partial charge in [-0.1, -0.05) is 11.6 Å². The molecule has 0 saturated carbocycles. The molecule has 7 heteroatoms. The van der Waals surface area contributed by atoms with Gasteiger partial charge in [-0.2, -0.15) is 0 Å². The molecule has 1 aromatic rings. The minimum absolute atomic E-state index is 0.0348. The van der Waals surface area contributed by atoms with E-state index >= 15 is 0 Å². The van der Waals surface area contributed by atoms with E-state index < -0.39 is 6.04 Å². The van der Waals surface area contributed by atoms with Crippen molar-refractivity contribution in [3.8, 4) is 5.75 Å². The molecule has 2 rings (SSSR count). The zero-order valence-electron chi connectivity index (χ0n) is 11.7. The molecule has 0 aromatic heterocycles. The fourth-order valence-corrected chi connectivity index (χ4v) is 2.50. The fraction of sp³-hybridized carbons (Fsp3) is 0.429. The van der Waals surface area contributed by atoms with Crippen molar-refractivity contribution in [2.45, 2.75) is 13.0 Å². The highest BCUT2D eigenvalue weighted by molar-refractivity contribution is 6.34. The largest absolute Gasteiger partial charge is 0.508 e. The molecule has 2 amide bonds. The highest BCUT2D eigenvalue weighted by Gasteiger charge is 2.33. The van der Waals surface area contributed by atoms with Crippen LogP contribution < -0.4 is 10.6 Å². The molecule has 1 aliphatic heterocycles. The third-order valence-electron chi connectivity index (χ3n) is 3.34. The molecule has 1 heterocycles. The van der Waals surface area contributed by atoms with Gasteiger partial charge in [-0.3, -0.25) is 9.59 Å². The normalized spacial score (nSPS) is 18.4. The van der Waals surface area contributed by atoms with Crippen LogP contribution in [-0.2, 0) is 4.79 Å². The van der Waals surface area contributed by atoms with Gasteiger partial charge in [-0.15, -0.1) is 0 Å². The molecule has 0 aliphatic carbocycles. The van der Waals surface area contributed by atoms with Gasteiger partial charge in [0.05, 0.1) is 10.6 Å². The minimum Gasteiger partial charge on any atom is -0.508 e. The summed E-state index contributed by atoms with van der Waals surface area (Å²) in [4.78, 5) is 26.2. The van der Waals surface area contributed by atoms with Crippen LogP contribution >= 0.6 is 11.6 Å². The van der Waals surface area contributed by atoms with Crippen LogP contribution in [0.5, 0.6) is 5.75 Å². The molecule has 3 N–H and O–H groups in total. The number of halogens is 1. The number of hydrogen-bond donors (Lipinski definition) is 3. The van der Waals surface area contributed by atoms with Crippen LogP contribution in [0.2, 0.25) is 5.02 Å². The molecule has 1 unspecified atom stereocenters. The van der Waals surface area contributed by atoms with E-state index in [0.717, 1.165) is 0 Å². The van der Waals surface area contributed by atoms with Crippen LogP contribution in [0, 0.1) is 0 Å². The molecule has 0 bridgehead atoms. The number of likely N-dealkylation sites (N-methyl/N-ethyl adjacent to an activating group) is 1. The summed E-state index contributed by atoms with van der Waals surface area (Å²) >= 11 is 6.02. The van der Waals surface area contributed by atoms with Gasteiger partial charge in [0, 0.05) is 26.2 Å². The average Bonchev–Trinajstić information content (AvgIpc) is 2.49. The number of aromatic hydroxyl groups is 1. The fourth-order valence-electron chi connectivity index (χ4n) is 2.31. The van der Waals surface area contributed by atoms with Crippen LogP contribution in [0.4, 0.5) is 0 Å². The summed E-state index contributed by atoms with van der Waals surface area (Å²) in [5, 5.41) is 15.6. The van der Waals surface area contributed by atoms with Gasteiger partial charge in [0.25, 0.3) is 5.91 Å². The van der Waals surface area contributed by atoms with Crippen molar-refractivity contribution in [3.05, 3.63) is 28.8 Å². The second-order valence-electron chi connectivity index (χ2n) is 4.78. The minimum atomic E-state index is -0.579. The average molecular weight is 312 g/mol. The highest BCUT2D eigenvalue weighted by Crippen LogP contribution is 2.23. The molecule has 0 spiro atoms. The maximum atomic E-state index is 12.6. The number of carbonyl (C=O) groups excluding carboxylic acids is 2. The summed E-state index contributed by atoms with van der Waals surface area (Å²) in [6.07, 6.45) is 0. The van der Waals surface area contributed by atoms with Gasteiger partial charge < -0.3 is 20.6 Å². The van der Waals surface area contributed by atoms with Gasteiger partial charge in [-0.25, -0.2) is 0 Å². The number of rotatable bonds is 3. The number of nitrogens with zero attached hydrogens (tertiary/aromatic N) is 1. The van der Waals surface area contributed by atoms with E-state index in [1.165, 1.54) is 23.1 Å². The quantitative estimate of drug-likeness (QED) is 0.763. The Hall–Kier alpha value is -1.79. The zero-order valence-corrected chi connectivity index (χ0v) is 12.5. The van der Waals surface area contributed by atoms with Crippen molar-refractivity contribution in [1.82, 2.24) is 15.5 Å². The number of benzene rings is 1. The topological polar surface area (TPSA) is 81.7 Å². The maximum Gasteiger partial charge on any atom is 0.256 e. The first-order valence-corrected chi connectivity index (χ1v) is 7.20. The molecule has 1 atom stereocenters. The van der Waals surface area contributed by atoms with Crippen LogP contribution in [-0.4, -0.2) is 54.0 Å². The summed E-state index contributed by atoms with van der Waals surface area (Å²) in [7, 11) is 0. The Morgan fingerprint density at radius 1 is 1.52 bits per heavy atom. The molecule has 114 valence electrons. The summed E-state index contributed by atoms with van der Waals surface area (Å²) in [6.45, 7) is 3.75. The number of amides is 2. The Bertz CT molecular complexity index is 550. The van der Waals surface area contributed by atoms with Gasteiger partial charge in [0.1, 0.15) is 11.8 Å². The molecule has 21 heavy (non-hydrogen) atoms. The van der Waals surface area contributed by atoms with E-state index in [1.54, 1.807) is 0 Å². The second-order valence-corrected chi connectivity index (χ2v) is 5.18. The molecular formula is C14H18ClN3O3. The summed E-state index contributed by atoms with van der Waals surface area (Å²) in [5.41, 5.74) is 0.202. The van der Waals surface area contributed by atoms with Gasteiger partial charge in [-0.05, 0) is 25.1 Å². The van der Waals surface area contributed by atoms with Crippen molar-refractivity contribution in [2.75, 3.05) is 26.2 Å². The number of phenolic OH excluding ortho intramolecular Hbond substituents is 1. The molecule has 1 aliphatic rings. The summed E-state index contributed by atoms with van der Waals surface area (Å²) < 4.78 is 0. The number of carbonyl (C=O) groups is 2. The lowest BCUT2D eigenvalue weighted by molar-refractivity contribution is -0.126. The summed E-state index contributed by atoms with van der Waals surface area (Å²) in [5.74, 6) is -0.588. The van der Waals surface area contributed by atoms with E-state index in [4.69, 9.17) is 11.6 Å². The van der Waals surface area contributed by atoms with E-state index in [1.807, 2.05) is 6.92 Å². The lowest BCUT2D eigenvalue weighted by Gasteiger charge is -2.35. The predicted molar refractivity (Wildman–Crippen MR) is 79.5 cm³/mol. The van der Waals surface area contributed by atoms with E-state index in [2.05, 4.69) is 10.6 Å². The first-order chi connectivity index (χ1) is 10.0. The van der Waals surface area contributed by atoms with Crippen LogP contribution in [0.3, 0.4) is 0 Å². The smallest absolute Gasteiger partial charge is 0.256 e. The number of nitrogens with one attached hydrogen (secondary N) is 2. The molecule has 0 radical (unpaired) electrons. The van der Waals surface area contributed by atoms with E-state index in [9.17, 15) is 14.7 Å². The first kappa shape index (κ1) is 15.6. The van der Waals surface area contributed by atoms with Crippen LogP contribution in [0.1, 0.15) is 17.3 Å². The summed E-state index contributed by atoms with van der Waals surface area (Å²) in [6, 6.07) is 3.62. The van der Waals surface area contributed by atoms with E-state index in [0.29, 0.717) is 26.2 Å². The Morgan fingerprint density at radius 2 is 2.29 bits per heavy atom. The van der Waals surface area contributed by atoms with Crippen molar-refractivity contribution in [2.24, 2.45) is 0 Å². The van der Waals surface area contributed by atoms with Crippen molar-refractivity contribution >= 4 is 23.4 Å². The lowest BCUT2D eigenvalue weighted by Crippen LogP contribution is -2.59. The molecular weight excluding hydrogens is 294 g/mol. The number of piperazine rings is 1. The SMILES string of the molecule is CCNC(=O)C1CNCCN1C(=O)c1cc(O)ccc1Cl. The Balaban J connectivity index is 2.26. The van der Waals surface area contributed by atoms with Crippen molar-refractivity contribution < 1.29 is 14.7 Å². The van der Waals surface area contributed by atoms with Gasteiger partial charge in [0.2, 0.25) is 5.91 Å². The maximum absolute atomic E-state index is 12.6. The third kappa shape index (κ3) is 3.46.